The molecule has 114 valence electrons. The molecular weight excluding hydrogens is 286 g/mol. The molecular formula is C15H21N3O2S. The van der Waals surface area contributed by atoms with Gasteiger partial charge in [-0.1, -0.05) is 19.1 Å². The van der Waals surface area contributed by atoms with Gasteiger partial charge in [-0.05, 0) is 50.3 Å². The van der Waals surface area contributed by atoms with E-state index >= 15 is 0 Å². The van der Waals surface area contributed by atoms with E-state index in [1.807, 2.05) is 12.1 Å². The normalized spacial score (nSPS) is 13.5. The van der Waals surface area contributed by atoms with Gasteiger partial charge in [0.1, 0.15) is 0 Å². The first-order valence-corrected chi connectivity index (χ1v) is 8.68. The smallest absolute Gasteiger partial charge is 0.180 e. The van der Waals surface area contributed by atoms with Crippen LogP contribution >= 0.6 is 0 Å². The van der Waals surface area contributed by atoms with Gasteiger partial charge in [0.05, 0.1) is 22.0 Å². The Labute approximate surface area is 125 Å². The van der Waals surface area contributed by atoms with Crippen LogP contribution in [0.2, 0.25) is 0 Å². The molecule has 21 heavy (non-hydrogen) atoms. The highest BCUT2D eigenvalue weighted by Crippen LogP contribution is 2.25. The van der Waals surface area contributed by atoms with E-state index in [2.05, 4.69) is 22.3 Å². The number of rotatable bonds is 6. The Balaban J connectivity index is 2.21. The molecule has 0 aliphatic carbocycles. The van der Waals surface area contributed by atoms with Crippen molar-refractivity contribution in [3.05, 3.63) is 41.7 Å². The summed E-state index contributed by atoms with van der Waals surface area (Å²) in [6, 6.07) is 7.22. The van der Waals surface area contributed by atoms with Crippen molar-refractivity contribution >= 4 is 9.84 Å². The average Bonchev–Trinajstić information content (AvgIpc) is 2.97. The lowest BCUT2D eigenvalue weighted by Crippen LogP contribution is -2.14. The fourth-order valence-electron chi connectivity index (χ4n) is 2.28. The molecule has 1 aromatic heterocycles. The molecule has 0 fully saturated rings. The van der Waals surface area contributed by atoms with Crippen molar-refractivity contribution in [2.45, 2.75) is 49.7 Å². The Kier molecular flexibility index (Phi) is 4.77. The van der Waals surface area contributed by atoms with Crippen molar-refractivity contribution < 1.29 is 8.42 Å². The minimum Gasteiger partial charge on any atom is -0.223 e. The summed E-state index contributed by atoms with van der Waals surface area (Å²) in [4.78, 5) is 0.387. The fraction of sp³-hybridized carbons (Fsp3) is 0.467. The van der Waals surface area contributed by atoms with Gasteiger partial charge in [0.2, 0.25) is 0 Å². The van der Waals surface area contributed by atoms with Crippen molar-refractivity contribution in [3.8, 4) is 0 Å². The Hall–Kier alpha value is -1.69. The average molecular weight is 307 g/mol. The van der Waals surface area contributed by atoms with Gasteiger partial charge < -0.3 is 0 Å². The highest BCUT2D eigenvalue weighted by Gasteiger charge is 2.19. The molecule has 0 radical (unpaired) electrons. The summed E-state index contributed by atoms with van der Waals surface area (Å²) in [5.74, 6) is 0.311. The maximum absolute atomic E-state index is 12.1. The number of H-pyrrole nitrogens is 1. The second-order valence-electron chi connectivity index (χ2n) is 5.43. The number of sulfone groups is 1. The third kappa shape index (κ3) is 3.50. The van der Waals surface area contributed by atoms with Gasteiger partial charge >= 0.3 is 0 Å². The quantitative estimate of drug-likeness (QED) is 0.890. The predicted molar refractivity (Wildman–Crippen MR) is 81.9 cm³/mol. The van der Waals surface area contributed by atoms with Crippen molar-refractivity contribution in [2.75, 3.05) is 0 Å². The minimum atomic E-state index is -3.20. The topological polar surface area (TPSA) is 75.7 Å². The summed E-state index contributed by atoms with van der Waals surface area (Å²) in [7, 11) is -3.20. The number of benzene rings is 1. The van der Waals surface area contributed by atoms with Crippen LogP contribution in [0.4, 0.5) is 0 Å². The molecule has 1 atom stereocenters. The van der Waals surface area contributed by atoms with Crippen LogP contribution < -0.4 is 0 Å². The zero-order valence-corrected chi connectivity index (χ0v) is 13.4. The first-order valence-electron chi connectivity index (χ1n) is 7.13. The lowest BCUT2D eigenvalue weighted by molar-refractivity contribution is 0.587. The van der Waals surface area contributed by atoms with Crippen LogP contribution in [0.15, 0.2) is 35.4 Å². The molecule has 0 amide bonds. The van der Waals surface area contributed by atoms with Crippen LogP contribution in [-0.4, -0.2) is 29.1 Å². The van der Waals surface area contributed by atoms with Crippen molar-refractivity contribution in [1.82, 2.24) is 15.4 Å². The Bertz CT molecular complexity index is 661. The Morgan fingerprint density at radius 3 is 2.33 bits per heavy atom. The second kappa shape index (κ2) is 6.39. The SMILES string of the molecule is CCC(Cc1cn[nH]n1)c1ccc(S(=O)(=O)C(C)C)cc1. The molecule has 0 spiro atoms. The molecule has 1 unspecified atom stereocenters. The van der Waals surface area contributed by atoms with Crippen LogP contribution in [0.3, 0.4) is 0 Å². The van der Waals surface area contributed by atoms with Gasteiger partial charge in [0, 0.05) is 0 Å². The van der Waals surface area contributed by atoms with Gasteiger partial charge in [-0.2, -0.15) is 15.4 Å². The van der Waals surface area contributed by atoms with Gasteiger partial charge in [-0.3, -0.25) is 0 Å². The summed E-state index contributed by atoms with van der Waals surface area (Å²) >= 11 is 0. The maximum atomic E-state index is 12.1. The maximum Gasteiger partial charge on any atom is 0.180 e. The predicted octanol–water partition coefficient (Wildman–Crippen LogP) is 2.72. The van der Waals surface area contributed by atoms with Gasteiger partial charge in [0.25, 0.3) is 0 Å². The molecule has 6 heteroatoms. The summed E-state index contributed by atoms with van der Waals surface area (Å²) in [6.45, 7) is 5.51. The standard InChI is InChI=1S/C15H21N3O2S/c1-4-12(9-14-10-16-18-17-14)13-5-7-15(8-6-13)21(19,20)11(2)3/h5-8,10-12H,4,9H2,1-3H3,(H,16,17,18). The summed E-state index contributed by atoms with van der Waals surface area (Å²) < 4.78 is 24.2. The number of aromatic amines is 1. The molecule has 0 saturated heterocycles. The van der Waals surface area contributed by atoms with E-state index in [9.17, 15) is 8.42 Å². The third-order valence-electron chi connectivity index (χ3n) is 3.71. The van der Waals surface area contributed by atoms with Crippen molar-refractivity contribution in [3.63, 3.8) is 0 Å². The van der Waals surface area contributed by atoms with E-state index in [0.717, 1.165) is 24.1 Å². The monoisotopic (exact) mass is 307 g/mol. The minimum absolute atomic E-state index is 0.311. The van der Waals surface area contributed by atoms with E-state index in [4.69, 9.17) is 0 Å². The molecule has 1 N–H and O–H groups in total. The zero-order chi connectivity index (χ0) is 15.5. The second-order valence-corrected chi connectivity index (χ2v) is 7.94. The van der Waals surface area contributed by atoms with Crippen LogP contribution in [-0.2, 0) is 16.3 Å². The summed E-state index contributed by atoms with van der Waals surface area (Å²) in [6.07, 6.45) is 3.48. The Morgan fingerprint density at radius 1 is 1.19 bits per heavy atom. The summed E-state index contributed by atoms with van der Waals surface area (Å²) in [5, 5.41) is 10.1. The molecule has 1 aromatic carbocycles. The number of nitrogens with one attached hydrogen (secondary N) is 1. The molecule has 2 aromatic rings. The van der Waals surface area contributed by atoms with Gasteiger partial charge in [0.15, 0.2) is 9.84 Å². The van der Waals surface area contributed by atoms with Crippen LogP contribution in [0.5, 0.6) is 0 Å². The molecule has 0 aliphatic heterocycles. The van der Waals surface area contributed by atoms with Gasteiger partial charge in [-0.15, -0.1) is 0 Å². The molecule has 2 rings (SSSR count). The van der Waals surface area contributed by atoms with Crippen molar-refractivity contribution in [1.29, 1.82) is 0 Å². The first-order chi connectivity index (χ1) is 9.95. The highest BCUT2D eigenvalue weighted by atomic mass is 32.2. The van der Waals surface area contributed by atoms with Gasteiger partial charge in [-0.25, -0.2) is 8.42 Å². The van der Waals surface area contributed by atoms with Crippen LogP contribution in [0.25, 0.3) is 0 Å². The molecule has 1 heterocycles. The summed E-state index contributed by atoms with van der Waals surface area (Å²) in [5.41, 5.74) is 2.05. The van der Waals surface area contributed by atoms with Crippen LogP contribution in [0.1, 0.15) is 44.4 Å². The fourth-order valence-corrected chi connectivity index (χ4v) is 3.34. The number of aromatic nitrogens is 3. The van der Waals surface area contributed by atoms with E-state index in [0.29, 0.717) is 10.8 Å². The van der Waals surface area contributed by atoms with Crippen LogP contribution in [0, 0.1) is 0 Å². The number of nitrogens with zero attached hydrogens (tertiary/aromatic N) is 2. The van der Waals surface area contributed by atoms with E-state index in [1.54, 1.807) is 32.2 Å². The van der Waals surface area contributed by atoms with E-state index < -0.39 is 15.1 Å². The zero-order valence-electron chi connectivity index (χ0n) is 12.6. The highest BCUT2D eigenvalue weighted by molar-refractivity contribution is 7.92. The first kappa shape index (κ1) is 15.7. The van der Waals surface area contributed by atoms with E-state index in [-0.39, 0.29) is 0 Å². The molecule has 5 nitrogen and oxygen atoms in total. The lowest BCUT2D eigenvalue weighted by Gasteiger charge is -2.15. The Morgan fingerprint density at radius 2 is 1.86 bits per heavy atom. The number of hydrogen-bond acceptors (Lipinski definition) is 4. The molecule has 0 bridgehead atoms. The molecule has 0 aliphatic rings. The molecule has 0 saturated carbocycles. The number of hydrogen-bond donors (Lipinski definition) is 1. The lowest BCUT2D eigenvalue weighted by atomic mass is 9.92. The third-order valence-corrected chi connectivity index (χ3v) is 5.88. The van der Waals surface area contributed by atoms with Crippen molar-refractivity contribution in [2.24, 2.45) is 0 Å². The largest absolute Gasteiger partial charge is 0.223 e. The van der Waals surface area contributed by atoms with E-state index in [1.165, 1.54) is 0 Å².